The highest BCUT2D eigenvalue weighted by molar-refractivity contribution is 5.97. The van der Waals surface area contributed by atoms with Gasteiger partial charge in [0.15, 0.2) is 6.29 Å². The number of aryl methyl sites for hydroxylation is 1. The van der Waals surface area contributed by atoms with Crippen molar-refractivity contribution in [2.45, 2.75) is 25.9 Å². The van der Waals surface area contributed by atoms with E-state index in [1.54, 1.807) is 25.4 Å². The summed E-state index contributed by atoms with van der Waals surface area (Å²) < 4.78 is 15.8. The van der Waals surface area contributed by atoms with Crippen LogP contribution in [0.25, 0.3) is 0 Å². The van der Waals surface area contributed by atoms with Crippen LogP contribution >= 0.6 is 0 Å². The van der Waals surface area contributed by atoms with Gasteiger partial charge in [-0.1, -0.05) is 0 Å². The lowest BCUT2D eigenvalue weighted by molar-refractivity contribution is 0.0597. The van der Waals surface area contributed by atoms with Crippen molar-refractivity contribution in [3.63, 3.8) is 0 Å². The molecule has 0 radical (unpaired) electrons. The number of aldehydes is 1. The number of pyridine rings is 2. The Hall–Kier alpha value is -3.16. The number of methoxy groups -OCH3 is 2. The minimum atomic E-state index is -0.565. The summed E-state index contributed by atoms with van der Waals surface area (Å²) in [6, 6.07) is 5.26. The fraction of sp³-hybridized carbons (Fsp3) is 0.400. The topological polar surface area (TPSA) is 90.8 Å². The summed E-state index contributed by atoms with van der Waals surface area (Å²) in [5.41, 5.74) is 1.10. The monoisotopic (exact) mass is 385 g/mol. The second-order valence-corrected chi connectivity index (χ2v) is 6.51. The summed E-state index contributed by atoms with van der Waals surface area (Å²) in [6.45, 7) is 3.34. The number of carbonyl (C=O) groups is 2. The number of hydrogen-bond acceptors (Lipinski definition) is 8. The highest BCUT2D eigenvalue weighted by Gasteiger charge is 2.24. The maximum Gasteiger partial charge on any atom is 0.340 e. The third-order valence-electron chi connectivity index (χ3n) is 4.70. The Morgan fingerprint density at radius 2 is 2.00 bits per heavy atom. The van der Waals surface area contributed by atoms with E-state index < -0.39 is 5.97 Å². The molecule has 0 unspecified atom stereocenters. The molecule has 0 bridgehead atoms. The lowest BCUT2D eigenvalue weighted by Gasteiger charge is -2.33. The molecule has 1 aliphatic rings. The van der Waals surface area contributed by atoms with Gasteiger partial charge in [0.2, 0.25) is 5.88 Å². The molecule has 148 valence electrons. The molecule has 2 aromatic rings. The summed E-state index contributed by atoms with van der Waals surface area (Å²) >= 11 is 0. The zero-order valence-corrected chi connectivity index (χ0v) is 16.2. The Morgan fingerprint density at radius 3 is 2.57 bits per heavy atom. The van der Waals surface area contributed by atoms with Gasteiger partial charge in [-0.2, -0.15) is 0 Å². The van der Waals surface area contributed by atoms with Crippen LogP contribution in [0.3, 0.4) is 0 Å². The van der Waals surface area contributed by atoms with Crippen molar-refractivity contribution in [3.8, 4) is 11.6 Å². The number of hydrogen-bond donors (Lipinski definition) is 0. The van der Waals surface area contributed by atoms with Crippen LogP contribution in [0.2, 0.25) is 0 Å². The SMILES string of the molecule is COC(=O)c1cc(C)c(N2CCC(Oc3ccc(OC)nc3)CC2)nc1C=O. The Labute approximate surface area is 163 Å². The largest absolute Gasteiger partial charge is 0.489 e. The van der Waals surface area contributed by atoms with E-state index >= 15 is 0 Å². The highest BCUT2D eigenvalue weighted by atomic mass is 16.5. The number of nitrogens with zero attached hydrogens (tertiary/aromatic N) is 3. The van der Waals surface area contributed by atoms with Crippen molar-refractivity contribution in [1.29, 1.82) is 0 Å². The summed E-state index contributed by atoms with van der Waals surface area (Å²) in [6.07, 6.45) is 3.93. The molecule has 8 nitrogen and oxygen atoms in total. The minimum absolute atomic E-state index is 0.0756. The average Bonchev–Trinajstić information content (AvgIpc) is 2.74. The first-order valence-electron chi connectivity index (χ1n) is 9.02. The molecule has 0 saturated carbocycles. The van der Waals surface area contributed by atoms with Gasteiger partial charge in [0, 0.05) is 32.0 Å². The third-order valence-corrected chi connectivity index (χ3v) is 4.70. The molecule has 3 heterocycles. The van der Waals surface area contributed by atoms with E-state index in [1.807, 2.05) is 13.0 Å². The Kier molecular flexibility index (Phi) is 6.08. The molecule has 1 aliphatic heterocycles. The van der Waals surface area contributed by atoms with Crippen LogP contribution in [0, 0.1) is 6.92 Å². The van der Waals surface area contributed by atoms with Crippen molar-refractivity contribution < 1.29 is 23.8 Å². The number of esters is 1. The van der Waals surface area contributed by atoms with Crippen molar-refractivity contribution in [3.05, 3.63) is 41.2 Å². The van der Waals surface area contributed by atoms with Gasteiger partial charge in [0.05, 0.1) is 26.0 Å². The van der Waals surface area contributed by atoms with E-state index in [2.05, 4.69) is 14.9 Å². The molecule has 1 saturated heterocycles. The van der Waals surface area contributed by atoms with Crippen molar-refractivity contribution in [1.82, 2.24) is 9.97 Å². The molecule has 0 aliphatic carbocycles. The molecule has 0 amide bonds. The molecule has 8 heteroatoms. The second-order valence-electron chi connectivity index (χ2n) is 6.51. The van der Waals surface area contributed by atoms with Crippen LogP contribution in [-0.2, 0) is 4.74 Å². The number of ether oxygens (including phenoxy) is 3. The molecule has 0 spiro atoms. The smallest absolute Gasteiger partial charge is 0.340 e. The number of piperidine rings is 1. The maximum atomic E-state index is 11.8. The standard InChI is InChI=1S/C20H23N3O5/c1-13-10-16(20(25)27-3)17(12-24)22-19(13)23-8-6-14(7-9-23)28-15-4-5-18(26-2)21-11-15/h4-5,10-12,14H,6-9H2,1-3H3. The van der Waals surface area contributed by atoms with Gasteiger partial charge in [-0.25, -0.2) is 14.8 Å². The zero-order chi connectivity index (χ0) is 20.1. The number of carbonyl (C=O) groups excluding carboxylic acids is 2. The normalized spacial score (nSPS) is 14.5. The van der Waals surface area contributed by atoms with E-state index in [-0.39, 0.29) is 17.4 Å². The van der Waals surface area contributed by atoms with Crippen molar-refractivity contribution in [2.24, 2.45) is 0 Å². The molecular weight excluding hydrogens is 362 g/mol. The first kappa shape index (κ1) is 19.6. The number of anilines is 1. The Morgan fingerprint density at radius 1 is 1.25 bits per heavy atom. The fourth-order valence-corrected chi connectivity index (χ4v) is 3.24. The van der Waals surface area contributed by atoms with Gasteiger partial charge in [0.25, 0.3) is 0 Å². The summed E-state index contributed by atoms with van der Waals surface area (Å²) in [7, 11) is 2.85. The highest BCUT2D eigenvalue weighted by Crippen LogP contribution is 2.26. The quantitative estimate of drug-likeness (QED) is 0.553. The van der Waals surface area contributed by atoms with Gasteiger partial charge >= 0.3 is 5.97 Å². The van der Waals surface area contributed by atoms with E-state index in [0.29, 0.717) is 23.7 Å². The lowest BCUT2D eigenvalue weighted by Crippen LogP contribution is -2.39. The van der Waals surface area contributed by atoms with Gasteiger partial charge in [0.1, 0.15) is 23.4 Å². The Balaban J connectivity index is 1.67. The maximum absolute atomic E-state index is 11.8. The van der Waals surface area contributed by atoms with Crippen LogP contribution < -0.4 is 14.4 Å². The third kappa shape index (κ3) is 4.21. The molecule has 28 heavy (non-hydrogen) atoms. The first-order valence-corrected chi connectivity index (χ1v) is 9.02. The molecule has 2 aromatic heterocycles. The molecule has 0 aromatic carbocycles. The minimum Gasteiger partial charge on any atom is -0.489 e. The van der Waals surface area contributed by atoms with Gasteiger partial charge < -0.3 is 19.1 Å². The predicted molar refractivity (Wildman–Crippen MR) is 102 cm³/mol. The van der Waals surface area contributed by atoms with Crippen LogP contribution in [0.4, 0.5) is 5.82 Å². The molecule has 0 atom stereocenters. The Bertz CT molecular complexity index is 846. The second kappa shape index (κ2) is 8.69. The molecular formula is C20H23N3O5. The zero-order valence-electron chi connectivity index (χ0n) is 16.2. The first-order chi connectivity index (χ1) is 13.5. The fourth-order valence-electron chi connectivity index (χ4n) is 3.24. The van der Waals surface area contributed by atoms with Crippen LogP contribution in [0.5, 0.6) is 11.6 Å². The van der Waals surface area contributed by atoms with Crippen LogP contribution in [0.15, 0.2) is 24.4 Å². The van der Waals surface area contributed by atoms with E-state index in [0.717, 1.165) is 31.5 Å². The van der Waals surface area contributed by atoms with Gasteiger partial charge in [-0.15, -0.1) is 0 Å². The van der Waals surface area contributed by atoms with Crippen molar-refractivity contribution in [2.75, 3.05) is 32.2 Å². The van der Waals surface area contributed by atoms with Gasteiger partial charge in [-0.05, 0) is 24.6 Å². The summed E-state index contributed by atoms with van der Waals surface area (Å²) in [5, 5.41) is 0. The summed E-state index contributed by atoms with van der Waals surface area (Å²) in [4.78, 5) is 33.9. The number of aromatic nitrogens is 2. The number of rotatable bonds is 6. The predicted octanol–water partition coefficient (Wildman–Crippen LogP) is 2.44. The van der Waals surface area contributed by atoms with E-state index in [1.165, 1.54) is 7.11 Å². The molecule has 3 rings (SSSR count). The van der Waals surface area contributed by atoms with Crippen LogP contribution in [-0.4, -0.2) is 55.6 Å². The average molecular weight is 385 g/mol. The van der Waals surface area contributed by atoms with Crippen molar-refractivity contribution >= 4 is 18.1 Å². The molecule has 1 fully saturated rings. The van der Waals surface area contributed by atoms with Crippen LogP contribution in [0.1, 0.15) is 39.3 Å². The lowest BCUT2D eigenvalue weighted by atomic mass is 10.1. The molecule has 0 N–H and O–H groups in total. The van der Waals surface area contributed by atoms with E-state index in [4.69, 9.17) is 14.2 Å². The van der Waals surface area contributed by atoms with Gasteiger partial charge in [-0.3, -0.25) is 4.79 Å². The summed E-state index contributed by atoms with van der Waals surface area (Å²) in [5.74, 6) is 1.40. The van der Waals surface area contributed by atoms with E-state index in [9.17, 15) is 9.59 Å².